The van der Waals surface area contributed by atoms with Gasteiger partial charge in [-0.3, -0.25) is 4.79 Å². The standard InChI is InChI=1S/C29H31N3O2/c1-6-8-9-10-20-16-22-23(17-25(20)32(7-2)13-14-34-5)29(3,4)28-26(27(22)33)21-12-11-19(18-30)15-24(21)31-28/h11-12,15-17,31H,6-8,13-14H2,1-5H3. The van der Waals surface area contributed by atoms with E-state index < -0.39 is 5.41 Å². The molecule has 3 aromatic rings. The first-order chi connectivity index (χ1) is 16.4. The molecule has 0 amide bonds. The number of methoxy groups -OCH3 is 1. The van der Waals surface area contributed by atoms with Gasteiger partial charge in [0.15, 0.2) is 5.78 Å². The lowest BCUT2D eigenvalue weighted by Crippen LogP contribution is -2.32. The maximum Gasteiger partial charge on any atom is 0.195 e. The van der Waals surface area contributed by atoms with Crippen molar-refractivity contribution in [1.29, 1.82) is 5.26 Å². The molecule has 1 heterocycles. The van der Waals surface area contributed by atoms with Crippen molar-refractivity contribution in [3.63, 3.8) is 0 Å². The smallest absolute Gasteiger partial charge is 0.195 e. The summed E-state index contributed by atoms with van der Waals surface area (Å²) in [6, 6.07) is 11.8. The van der Waals surface area contributed by atoms with Crippen LogP contribution < -0.4 is 4.90 Å². The van der Waals surface area contributed by atoms with Crippen LogP contribution in [0.3, 0.4) is 0 Å². The number of nitrogens with zero attached hydrogens (tertiary/aromatic N) is 2. The Kier molecular flexibility index (Phi) is 6.51. The number of hydrogen-bond acceptors (Lipinski definition) is 4. The molecule has 0 fully saturated rings. The van der Waals surface area contributed by atoms with Gasteiger partial charge in [0.25, 0.3) is 0 Å². The summed E-state index contributed by atoms with van der Waals surface area (Å²) < 4.78 is 5.34. The van der Waals surface area contributed by atoms with E-state index in [1.807, 2.05) is 18.2 Å². The highest BCUT2D eigenvalue weighted by atomic mass is 16.5. The fourth-order valence-electron chi connectivity index (χ4n) is 4.83. The minimum absolute atomic E-state index is 0.00492. The van der Waals surface area contributed by atoms with E-state index in [1.54, 1.807) is 13.2 Å². The van der Waals surface area contributed by atoms with Crippen molar-refractivity contribution < 1.29 is 9.53 Å². The number of nitrogens with one attached hydrogen (secondary N) is 1. The zero-order valence-corrected chi connectivity index (χ0v) is 20.6. The number of nitriles is 1. The Morgan fingerprint density at radius 3 is 2.65 bits per heavy atom. The zero-order chi connectivity index (χ0) is 24.5. The quantitative estimate of drug-likeness (QED) is 0.498. The van der Waals surface area contributed by atoms with E-state index in [-0.39, 0.29) is 5.78 Å². The van der Waals surface area contributed by atoms with Crippen molar-refractivity contribution in [2.45, 2.75) is 46.0 Å². The van der Waals surface area contributed by atoms with Gasteiger partial charge in [-0.2, -0.15) is 5.26 Å². The number of likely N-dealkylation sites (N-methyl/N-ethyl adjacent to an activating group) is 1. The zero-order valence-electron chi connectivity index (χ0n) is 20.6. The maximum absolute atomic E-state index is 13.9. The molecule has 174 valence electrons. The van der Waals surface area contributed by atoms with E-state index in [1.165, 1.54) is 0 Å². The Hall–Kier alpha value is -3.54. The SMILES string of the molecule is CCCC#Cc1cc2c(cc1N(CC)CCOC)C(C)(C)c1[nH]c3cc(C#N)ccc3c1C2=O. The molecule has 1 aromatic heterocycles. The van der Waals surface area contributed by atoms with Crippen molar-refractivity contribution in [3.8, 4) is 17.9 Å². The molecule has 34 heavy (non-hydrogen) atoms. The third kappa shape index (κ3) is 3.87. The molecule has 5 nitrogen and oxygen atoms in total. The molecule has 1 aliphatic carbocycles. The molecular formula is C29H31N3O2. The van der Waals surface area contributed by atoms with Crippen molar-refractivity contribution in [2.75, 3.05) is 31.7 Å². The molecule has 0 bridgehead atoms. The molecule has 0 unspecified atom stereocenters. The second-order valence-corrected chi connectivity index (χ2v) is 9.24. The monoisotopic (exact) mass is 453 g/mol. The molecule has 0 saturated carbocycles. The van der Waals surface area contributed by atoms with Gasteiger partial charge in [-0.15, -0.1) is 0 Å². The average Bonchev–Trinajstić information content (AvgIpc) is 3.23. The highest BCUT2D eigenvalue weighted by Crippen LogP contribution is 2.45. The van der Waals surface area contributed by atoms with E-state index >= 15 is 0 Å². The summed E-state index contributed by atoms with van der Waals surface area (Å²) in [5.41, 5.74) is 6.17. The van der Waals surface area contributed by atoms with Crippen molar-refractivity contribution in [3.05, 3.63) is 63.8 Å². The lowest BCUT2D eigenvalue weighted by atomic mass is 9.70. The third-order valence-electron chi connectivity index (χ3n) is 6.72. The first kappa shape index (κ1) is 23.6. The predicted molar refractivity (Wildman–Crippen MR) is 137 cm³/mol. The third-order valence-corrected chi connectivity index (χ3v) is 6.72. The highest BCUT2D eigenvalue weighted by molar-refractivity contribution is 6.20. The van der Waals surface area contributed by atoms with Crippen LogP contribution in [0.25, 0.3) is 10.9 Å². The first-order valence-electron chi connectivity index (χ1n) is 11.9. The Balaban J connectivity index is 1.95. The van der Waals surface area contributed by atoms with Gasteiger partial charge in [0, 0.05) is 59.8 Å². The fourth-order valence-corrected chi connectivity index (χ4v) is 4.83. The number of carbonyl (C=O) groups is 1. The van der Waals surface area contributed by atoms with Gasteiger partial charge in [0.2, 0.25) is 0 Å². The molecule has 4 rings (SSSR count). The van der Waals surface area contributed by atoms with Crippen LogP contribution in [0, 0.1) is 23.2 Å². The van der Waals surface area contributed by atoms with Crippen LogP contribution in [-0.4, -0.2) is 37.6 Å². The van der Waals surface area contributed by atoms with E-state index in [0.717, 1.165) is 59.3 Å². The van der Waals surface area contributed by atoms with Crippen LogP contribution >= 0.6 is 0 Å². The summed E-state index contributed by atoms with van der Waals surface area (Å²) in [5.74, 6) is 6.62. The number of hydrogen-bond donors (Lipinski definition) is 1. The molecule has 0 saturated heterocycles. The summed E-state index contributed by atoms with van der Waals surface area (Å²) in [5, 5.41) is 10.2. The summed E-state index contributed by atoms with van der Waals surface area (Å²) in [4.78, 5) is 19.6. The molecule has 0 atom stereocenters. The van der Waals surface area contributed by atoms with Gasteiger partial charge < -0.3 is 14.6 Å². The Labute approximate surface area is 201 Å². The molecule has 2 aromatic carbocycles. The number of anilines is 1. The second-order valence-electron chi connectivity index (χ2n) is 9.24. The maximum atomic E-state index is 13.9. The number of aromatic amines is 1. The minimum atomic E-state index is -0.421. The number of carbonyl (C=O) groups excluding carboxylic acids is 1. The largest absolute Gasteiger partial charge is 0.383 e. The minimum Gasteiger partial charge on any atom is -0.383 e. The van der Waals surface area contributed by atoms with E-state index in [9.17, 15) is 10.1 Å². The fraction of sp³-hybridized carbons (Fsp3) is 0.379. The Morgan fingerprint density at radius 1 is 1.18 bits per heavy atom. The highest BCUT2D eigenvalue weighted by Gasteiger charge is 2.40. The number of H-pyrrole nitrogens is 1. The van der Waals surface area contributed by atoms with Crippen LogP contribution in [-0.2, 0) is 10.2 Å². The van der Waals surface area contributed by atoms with Crippen LogP contribution in [0.15, 0.2) is 30.3 Å². The molecule has 1 aliphatic rings. The number of benzene rings is 2. The number of rotatable bonds is 6. The molecule has 0 spiro atoms. The predicted octanol–water partition coefficient (Wildman–Crippen LogP) is 5.53. The summed E-state index contributed by atoms with van der Waals surface area (Å²) >= 11 is 0. The summed E-state index contributed by atoms with van der Waals surface area (Å²) in [6.45, 7) is 10.7. The van der Waals surface area contributed by atoms with E-state index in [0.29, 0.717) is 23.3 Å². The van der Waals surface area contributed by atoms with E-state index in [2.05, 4.69) is 61.6 Å². The number of fused-ring (bicyclic) bond motifs is 4. The first-order valence-corrected chi connectivity index (χ1v) is 11.9. The van der Waals surface area contributed by atoms with Crippen molar-refractivity contribution >= 4 is 22.4 Å². The van der Waals surface area contributed by atoms with Crippen LogP contribution in [0.4, 0.5) is 5.69 Å². The topological polar surface area (TPSA) is 69.1 Å². The van der Waals surface area contributed by atoms with Gasteiger partial charge in [-0.1, -0.05) is 38.7 Å². The second kappa shape index (κ2) is 9.37. The molecular weight excluding hydrogens is 422 g/mol. The Morgan fingerprint density at radius 2 is 1.97 bits per heavy atom. The van der Waals surface area contributed by atoms with Crippen molar-refractivity contribution in [1.82, 2.24) is 4.98 Å². The number of aromatic nitrogens is 1. The van der Waals surface area contributed by atoms with Gasteiger partial charge in [0.05, 0.1) is 29.5 Å². The number of ketones is 1. The molecule has 1 N–H and O–H groups in total. The normalized spacial score (nSPS) is 13.6. The van der Waals surface area contributed by atoms with Crippen LogP contribution in [0.2, 0.25) is 0 Å². The lowest BCUT2D eigenvalue weighted by Gasteiger charge is -2.34. The van der Waals surface area contributed by atoms with Crippen LogP contribution in [0.1, 0.15) is 78.8 Å². The van der Waals surface area contributed by atoms with Gasteiger partial charge >= 0.3 is 0 Å². The number of ether oxygens (including phenoxy) is 1. The van der Waals surface area contributed by atoms with Crippen LogP contribution in [0.5, 0.6) is 0 Å². The molecule has 0 aliphatic heterocycles. The van der Waals surface area contributed by atoms with Gasteiger partial charge in [-0.25, -0.2) is 0 Å². The lowest BCUT2D eigenvalue weighted by molar-refractivity contribution is 0.103. The summed E-state index contributed by atoms with van der Waals surface area (Å²) in [7, 11) is 1.71. The summed E-state index contributed by atoms with van der Waals surface area (Å²) in [6.07, 6.45) is 1.80. The van der Waals surface area contributed by atoms with E-state index in [4.69, 9.17) is 4.74 Å². The van der Waals surface area contributed by atoms with Gasteiger partial charge in [0.1, 0.15) is 0 Å². The van der Waals surface area contributed by atoms with Crippen molar-refractivity contribution in [2.24, 2.45) is 0 Å². The molecule has 0 radical (unpaired) electrons. The van der Waals surface area contributed by atoms with Gasteiger partial charge in [-0.05, 0) is 43.2 Å². The average molecular weight is 454 g/mol. The molecule has 5 heteroatoms. The number of unbranched alkanes of at least 4 members (excludes halogenated alkanes) is 1. The Bertz CT molecular complexity index is 1360.